The third kappa shape index (κ3) is 3.24. The Labute approximate surface area is 120 Å². The van der Waals surface area contributed by atoms with E-state index in [1.165, 1.54) is 12.7 Å². The first-order chi connectivity index (χ1) is 10.2. The molecule has 112 valence electrons. The van der Waals surface area contributed by atoms with Gasteiger partial charge in [0, 0.05) is 6.04 Å². The summed E-state index contributed by atoms with van der Waals surface area (Å²) in [5, 5.41) is 6.90. The summed E-state index contributed by atoms with van der Waals surface area (Å²) in [5.41, 5.74) is 0. The first-order valence-corrected chi connectivity index (χ1v) is 7.13. The van der Waals surface area contributed by atoms with E-state index in [0.29, 0.717) is 5.76 Å². The van der Waals surface area contributed by atoms with Crippen LogP contribution in [0.3, 0.4) is 0 Å². The molecule has 0 aromatic carbocycles. The molecule has 0 spiro atoms. The van der Waals surface area contributed by atoms with Crippen LogP contribution in [0.15, 0.2) is 32.0 Å². The molecule has 0 saturated heterocycles. The highest BCUT2D eigenvalue weighted by Gasteiger charge is 2.18. The number of furan rings is 1. The van der Waals surface area contributed by atoms with E-state index in [-0.39, 0.29) is 24.4 Å². The monoisotopic (exact) mass is 291 g/mol. The van der Waals surface area contributed by atoms with Crippen molar-refractivity contribution >= 4 is 5.91 Å². The Morgan fingerprint density at radius 1 is 1.38 bits per heavy atom. The summed E-state index contributed by atoms with van der Waals surface area (Å²) < 4.78 is 11.1. The van der Waals surface area contributed by atoms with Crippen molar-refractivity contribution in [2.45, 2.75) is 44.7 Å². The van der Waals surface area contributed by atoms with Gasteiger partial charge in [0.25, 0.3) is 5.89 Å². The van der Waals surface area contributed by atoms with Crippen molar-refractivity contribution in [2.75, 3.05) is 0 Å². The first-order valence-electron chi connectivity index (χ1n) is 7.13. The minimum Gasteiger partial charge on any atom is -0.459 e. The Balaban J connectivity index is 1.64. The van der Waals surface area contributed by atoms with Crippen molar-refractivity contribution < 1.29 is 13.6 Å². The average molecular weight is 291 g/mol. The van der Waals surface area contributed by atoms with E-state index in [4.69, 9.17) is 8.83 Å². The molecule has 0 aliphatic heterocycles. The fraction of sp³-hybridized carbons (Fsp3) is 0.500. The van der Waals surface area contributed by atoms with Crippen LogP contribution in [-0.4, -0.2) is 21.7 Å². The molecular weight excluding hydrogens is 274 g/mol. The van der Waals surface area contributed by atoms with Crippen LogP contribution in [0.4, 0.5) is 0 Å². The molecule has 0 radical (unpaired) electrons. The van der Waals surface area contributed by atoms with Crippen molar-refractivity contribution in [3.63, 3.8) is 0 Å². The smallest absolute Gasteiger partial charge is 0.437 e. The molecule has 1 aliphatic carbocycles. The predicted octanol–water partition coefficient (Wildman–Crippen LogP) is 1.55. The second kappa shape index (κ2) is 5.99. The minimum absolute atomic E-state index is 0.0791. The van der Waals surface area contributed by atoms with Crippen LogP contribution < -0.4 is 11.1 Å². The van der Waals surface area contributed by atoms with Crippen LogP contribution in [0.2, 0.25) is 0 Å². The molecule has 1 aliphatic rings. The van der Waals surface area contributed by atoms with Crippen LogP contribution in [0.25, 0.3) is 11.7 Å². The highest BCUT2D eigenvalue weighted by molar-refractivity contribution is 5.75. The third-order valence-electron chi connectivity index (χ3n) is 3.60. The third-order valence-corrected chi connectivity index (χ3v) is 3.60. The van der Waals surface area contributed by atoms with Gasteiger partial charge >= 0.3 is 5.76 Å². The van der Waals surface area contributed by atoms with Crippen LogP contribution in [-0.2, 0) is 11.3 Å². The summed E-state index contributed by atoms with van der Waals surface area (Å²) in [7, 11) is 0. The number of aromatic nitrogens is 2. The zero-order valence-corrected chi connectivity index (χ0v) is 11.6. The van der Waals surface area contributed by atoms with Crippen molar-refractivity contribution in [1.29, 1.82) is 0 Å². The lowest BCUT2D eigenvalue weighted by Gasteiger charge is -2.22. The molecule has 7 heteroatoms. The second-order valence-corrected chi connectivity index (χ2v) is 5.21. The Morgan fingerprint density at radius 2 is 2.19 bits per heavy atom. The van der Waals surface area contributed by atoms with Crippen LogP contribution >= 0.6 is 0 Å². The van der Waals surface area contributed by atoms with Crippen molar-refractivity contribution in [2.24, 2.45) is 0 Å². The molecule has 7 nitrogen and oxygen atoms in total. The standard InChI is InChI=1S/C14H17N3O4/c18-12(15-10-5-2-1-3-6-10)9-17-14(19)21-13(16-17)11-7-4-8-20-11/h4,7-8,10H,1-3,5-6,9H2,(H,15,18). The Kier molecular flexibility index (Phi) is 3.89. The summed E-state index contributed by atoms with van der Waals surface area (Å²) in [6.45, 7) is -0.139. The number of carbonyl (C=O) groups excluding carboxylic acids is 1. The van der Waals surface area contributed by atoms with E-state index in [2.05, 4.69) is 10.4 Å². The van der Waals surface area contributed by atoms with Gasteiger partial charge in [-0.05, 0) is 25.0 Å². The van der Waals surface area contributed by atoms with Crippen LogP contribution in [0, 0.1) is 0 Å². The fourth-order valence-corrected chi connectivity index (χ4v) is 2.56. The average Bonchev–Trinajstić information content (AvgIpc) is 3.10. The highest BCUT2D eigenvalue weighted by Crippen LogP contribution is 2.17. The molecule has 3 rings (SSSR count). The van der Waals surface area contributed by atoms with Gasteiger partial charge in [0.2, 0.25) is 5.91 Å². The van der Waals surface area contributed by atoms with Gasteiger partial charge < -0.3 is 14.2 Å². The Morgan fingerprint density at radius 3 is 2.90 bits per heavy atom. The van der Waals surface area contributed by atoms with Crippen molar-refractivity contribution in [3.8, 4) is 11.7 Å². The lowest BCUT2D eigenvalue weighted by Crippen LogP contribution is -2.39. The molecule has 2 aromatic heterocycles. The zero-order valence-electron chi connectivity index (χ0n) is 11.6. The van der Waals surface area contributed by atoms with E-state index < -0.39 is 5.76 Å². The molecule has 2 aromatic rings. The zero-order chi connectivity index (χ0) is 14.7. The van der Waals surface area contributed by atoms with Gasteiger partial charge in [-0.2, -0.15) is 4.68 Å². The van der Waals surface area contributed by atoms with Gasteiger partial charge in [-0.15, -0.1) is 5.10 Å². The highest BCUT2D eigenvalue weighted by atomic mass is 16.4. The maximum Gasteiger partial charge on any atom is 0.437 e. The van der Waals surface area contributed by atoms with Gasteiger partial charge in [-0.1, -0.05) is 19.3 Å². The maximum atomic E-state index is 12.0. The number of hydrogen-bond acceptors (Lipinski definition) is 5. The minimum atomic E-state index is -0.666. The Hall–Kier alpha value is -2.31. The molecule has 2 heterocycles. The van der Waals surface area contributed by atoms with Gasteiger partial charge in [-0.25, -0.2) is 4.79 Å². The number of nitrogens with zero attached hydrogens (tertiary/aromatic N) is 2. The SMILES string of the molecule is O=C(Cn1nc(-c2ccco2)oc1=O)NC1CCCCC1. The quantitative estimate of drug-likeness (QED) is 0.922. The van der Waals surface area contributed by atoms with E-state index in [0.717, 1.165) is 30.4 Å². The molecule has 1 N–H and O–H groups in total. The van der Waals surface area contributed by atoms with E-state index in [9.17, 15) is 9.59 Å². The summed E-state index contributed by atoms with van der Waals surface area (Å²) in [6, 6.07) is 3.51. The molecule has 0 bridgehead atoms. The van der Waals surface area contributed by atoms with E-state index in [1.807, 2.05) is 0 Å². The number of hydrogen-bond donors (Lipinski definition) is 1. The number of rotatable bonds is 4. The van der Waals surface area contributed by atoms with E-state index >= 15 is 0 Å². The van der Waals surface area contributed by atoms with E-state index in [1.54, 1.807) is 12.1 Å². The second-order valence-electron chi connectivity index (χ2n) is 5.21. The molecule has 0 atom stereocenters. The van der Waals surface area contributed by atoms with Crippen LogP contribution in [0.5, 0.6) is 0 Å². The van der Waals surface area contributed by atoms with Crippen molar-refractivity contribution in [1.82, 2.24) is 15.1 Å². The van der Waals surface area contributed by atoms with Crippen LogP contribution in [0.1, 0.15) is 32.1 Å². The molecule has 0 unspecified atom stereocenters. The van der Waals surface area contributed by atoms with Gasteiger partial charge in [0.05, 0.1) is 6.26 Å². The topological polar surface area (TPSA) is 90.3 Å². The van der Waals surface area contributed by atoms with Crippen molar-refractivity contribution in [3.05, 3.63) is 28.9 Å². The number of nitrogens with one attached hydrogen (secondary N) is 1. The lowest BCUT2D eigenvalue weighted by molar-refractivity contribution is -0.122. The molecule has 1 saturated carbocycles. The Bertz CT molecular complexity index is 650. The largest absolute Gasteiger partial charge is 0.459 e. The number of carbonyl (C=O) groups is 1. The lowest BCUT2D eigenvalue weighted by atomic mass is 9.95. The predicted molar refractivity (Wildman–Crippen MR) is 73.5 cm³/mol. The van der Waals surface area contributed by atoms with Gasteiger partial charge in [0.1, 0.15) is 6.54 Å². The summed E-state index contributed by atoms with van der Waals surface area (Å²) in [5.74, 6) is -0.447. The summed E-state index contributed by atoms with van der Waals surface area (Å²) in [6.07, 6.45) is 6.95. The molecular formula is C14H17N3O4. The number of amides is 1. The van der Waals surface area contributed by atoms with Gasteiger partial charge in [0.15, 0.2) is 5.76 Å². The normalized spacial score (nSPS) is 16.0. The van der Waals surface area contributed by atoms with Gasteiger partial charge in [-0.3, -0.25) is 4.79 Å². The fourth-order valence-electron chi connectivity index (χ4n) is 2.56. The summed E-state index contributed by atoms with van der Waals surface area (Å²) >= 11 is 0. The molecule has 1 amide bonds. The first kappa shape index (κ1) is 13.7. The molecule has 1 fully saturated rings. The maximum absolute atomic E-state index is 12.0. The molecule has 21 heavy (non-hydrogen) atoms. The summed E-state index contributed by atoms with van der Waals surface area (Å²) in [4.78, 5) is 23.6.